The van der Waals surface area contributed by atoms with Crippen LogP contribution < -0.4 is 0 Å². The van der Waals surface area contributed by atoms with Crippen LogP contribution in [0.3, 0.4) is 0 Å². The van der Waals surface area contributed by atoms with E-state index in [0.717, 1.165) is 89.9 Å². The van der Waals surface area contributed by atoms with Gasteiger partial charge in [-0.15, -0.1) is 0 Å². The Balaban J connectivity index is 4.07. The number of hydrogen-bond acceptors (Lipinski definition) is 6. The average molecular weight is 1130 g/mol. The number of carbonyl (C=O) groups is 3. The zero-order valence-corrected chi connectivity index (χ0v) is 54.3. The number of allylic oxidation sites excluding steroid dienone is 10. The van der Waals surface area contributed by atoms with Crippen LogP contribution in [-0.4, -0.2) is 37.2 Å². The minimum atomic E-state index is -0.774. The van der Waals surface area contributed by atoms with Crippen molar-refractivity contribution in [2.24, 2.45) is 0 Å². The molecule has 0 saturated carbocycles. The van der Waals surface area contributed by atoms with Gasteiger partial charge in [0.2, 0.25) is 0 Å². The number of esters is 3. The van der Waals surface area contributed by atoms with Crippen molar-refractivity contribution in [3.63, 3.8) is 0 Å². The summed E-state index contributed by atoms with van der Waals surface area (Å²) >= 11 is 0. The summed E-state index contributed by atoms with van der Waals surface area (Å²) in [6.45, 7) is 6.57. The number of carbonyl (C=O) groups excluding carboxylic acids is 3. The van der Waals surface area contributed by atoms with E-state index >= 15 is 0 Å². The molecule has 0 aromatic heterocycles. The second-order valence-corrected chi connectivity index (χ2v) is 24.1. The third-order valence-corrected chi connectivity index (χ3v) is 16.0. The van der Waals surface area contributed by atoms with Gasteiger partial charge in [0.05, 0.1) is 0 Å². The maximum Gasteiger partial charge on any atom is 0.306 e. The van der Waals surface area contributed by atoms with E-state index in [-0.39, 0.29) is 31.1 Å². The van der Waals surface area contributed by atoms with Crippen LogP contribution in [0.1, 0.15) is 380 Å². The van der Waals surface area contributed by atoms with Crippen molar-refractivity contribution in [3.8, 4) is 0 Å². The Bertz CT molecular complexity index is 1440. The first-order chi connectivity index (χ1) is 40.0. The van der Waals surface area contributed by atoms with Gasteiger partial charge in [-0.1, -0.05) is 338 Å². The summed E-state index contributed by atoms with van der Waals surface area (Å²) in [6.07, 6.45) is 89.8. The maximum absolute atomic E-state index is 12.9. The van der Waals surface area contributed by atoms with Gasteiger partial charge in [0.15, 0.2) is 6.10 Å². The van der Waals surface area contributed by atoms with Crippen LogP contribution in [0.4, 0.5) is 0 Å². The van der Waals surface area contributed by atoms with E-state index in [4.69, 9.17) is 14.2 Å². The molecule has 0 N–H and O–H groups in total. The van der Waals surface area contributed by atoms with Gasteiger partial charge in [-0.2, -0.15) is 0 Å². The van der Waals surface area contributed by atoms with Gasteiger partial charge < -0.3 is 14.2 Å². The molecule has 472 valence electrons. The molecule has 0 radical (unpaired) electrons. The van der Waals surface area contributed by atoms with Gasteiger partial charge in [0.1, 0.15) is 13.2 Å². The lowest BCUT2D eigenvalue weighted by Crippen LogP contribution is -2.30. The zero-order chi connectivity index (χ0) is 58.5. The van der Waals surface area contributed by atoms with E-state index < -0.39 is 6.10 Å². The van der Waals surface area contributed by atoms with Crippen molar-refractivity contribution >= 4 is 17.9 Å². The molecule has 81 heavy (non-hydrogen) atoms. The molecule has 0 aliphatic heterocycles. The van der Waals surface area contributed by atoms with Crippen molar-refractivity contribution in [1.82, 2.24) is 0 Å². The van der Waals surface area contributed by atoms with Crippen molar-refractivity contribution in [2.75, 3.05) is 13.2 Å². The van der Waals surface area contributed by atoms with Gasteiger partial charge in [0, 0.05) is 19.3 Å². The number of hydrogen-bond donors (Lipinski definition) is 0. The normalized spacial score (nSPS) is 12.4. The highest BCUT2D eigenvalue weighted by molar-refractivity contribution is 5.71. The van der Waals surface area contributed by atoms with Gasteiger partial charge in [-0.05, 0) is 83.5 Å². The minimum Gasteiger partial charge on any atom is -0.462 e. The summed E-state index contributed by atoms with van der Waals surface area (Å²) < 4.78 is 17.0. The molecule has 0 spiro atoms. The van der Waals surface area contributed by atoms with E-state index in [2.05, 4.69) is 81.5 Å². The molecule has 0 aliphatic carbocycles. The maximum atomic E-state index is 12.9. The van der Waals surface area contributed by atoms with Gasteiger partial charge in [-0.3, -0.25) is 14.4 Å². The van der Waals surface area contributed by atoms with Crippen LogP contribution in [0.15, 0.2) is 60.8 Å². The van der Waals surface area contributed by atoms with Gasteiger partial charge in [0.25, 0.3) is 0 Å². The van der Waals surface area contributed by atoms with Crippen LogP contribution in [0.2, 0.25) is 0 Å². The topological polar surface area (TPSA) is 78.9 Å². The summed E-state index contributed by atoms with van der Waals surface area (Å²) in [7, 11) is 0. The molecule has 0 aliphatic rings. The average Bonchev–Trinajstić information content (AvgIpc) is 3.46. The van der Waals surface area contributed by atoms with Gasteiger partial charge in [-0.25, -0.2) is 0 Å². The first-order valence-electron chi connectivity index (χ1n) is 35.8. The second-order valence-electron chi connectivity index (χ2n) is 24.1. The molecule has 0 amide bonds. The van der Waals surface area contributed by atoms with Crippen LogP contribution in [0, 0.1) is 0 Å². The van der Waals surface area contributed by atoms with Crippen LogP contribution in [0.5, 0.6) is 0 Å². The highest BCUT2D eigenvalue weighted by Gasteiger charge is 2.19. The van der Waals surface area contributed by atoms with E-state index in [0.29, 0.717) is 19.3 Å². The molecule has 0 aromatic carbocycles. The van der Waals surface area contributed by atoms with Crippen LogP contribution in [-0.2, 0) is 28.6 Å². The van der Waals surface area contributed by atoms with Crippen LogP contribution in [0.25, 0.3) is 0 Å². The molecule has 0 aromatic rings. The molecule has 0 bridgehead atoms. The Labute approximate surface area is 504 Å². The first-order valence-corrected chi connectivity index (χ1v) is 35.8. The fraction of sp³-hybridized carbons (Fsp3) is 0.827. The van der Waals surface area contributed by atoms with Gasteiger partial charge >= 0.3 is 17.9 Å². The largest absolute Gasteiger partial charge is 0.462 e. The molecular formula is C75H136O6. The third kappa shape index (κ3) is 67.8. The lowest BCUT2D eigenvalue weighted by Gasteiger charge is -2.18. The summed E-state index contributed by atoms with van der Waals surface area (Å²) in [5, 5.41) is 0. The molecule has 1 unspecified atom stereocenters. The quantitative estimate of drug-likeness (QED) is 0.0261. The summed E-state index contributed by atoms with van der Waals surface area (Å²) in [4.78, 5) is 38.3. The highest BCUT2D eigenvalue weighted by atomic mass is 16.6. The zero-order valence-electron chi connectivity index (χ0n) is 54.3. The van der Waals surface area contributed by atoms with Crippen molar-refractivity contribution in [1.29, 1.82) is 0 Å². The molecule has 1 atom stereocenters. The van der Waals surface area contributed by atoms with E-state index in [1.807, 2.05) is 0 Å². The Kier molecular flexibility index (Phi) is 67.1. The third-order valence-electron chi connectivity index (χ3n) is 16.0. The summed E-state index contributed by atoms with van der Waals surface area (Å²) in [5.74, 6) is -0.853. The van der Waals surface area contributed by atoms with Crippen molar-refractivity contribution in [3.05, 3.63) is 60.8 Å². The van der Waals surface area contributed by atoms with E-state index in [9.17, 15) is 14.4 Å². The SMILES string of the molecule is CC/C=C\C/C=C\C/C=C\C/C=C\CCCCCCCCCCCCCCCCCCCCCCCCC(=O)OCC(COC(=O)CCCCCCCCCCCCCCC)OC(=O)CCCCCCC/C=C\CCCCCCCC. The van der Waals surface area contributed by atoms with E-state index in [1.54, 1.807) is 0 Å². The monoisotopic (exact) mass is 1130 g/mol. The second kappa shape index (κ2) is 69.6. The van der Waals surface area contributed by atoms with E-state index in [1.165, 1.54) is 250 Å². The first kappa shape index (κ1) is 78.1. The number of rotatable bonds is 66. The molecule has 0 saturated heterocycles. The minimum absolute atomic E-state index is 0.0704. The fourth-order valence-electron chi connectivity index (χ4n) is 10.7. The molecule has 0 fully saturated rings. The summed E-state index contributed by atoms with van der Waals surface area (Å²) in [5.41, 5.74) is 0. The Morgan fingerprint density at radius 2 is 0.481 bits per heavy atom. The molecule has 0 rings (SSSR count). The van der Waals surface area contributed by atoms with Crippen molar-refractivity contribution in [2.45, 2.75) is 386 Å². The molecule has 6 heteroatoms. The number of unbranched alkanes of at least 4 members (excludes halogenated alkanes) is 45. The Morgan fingerprint density at radius 3 is 0.765 bits per heavy atom. The smallest absolute Gasteiger partial charge is 0.306 e. The molecule has 6 nitrogen and oxygen atoms in total. The predicted molar refractivity (Wildman–Crippen MR) is 353 cm³/mol. The highest BCUT2D eigenvalue weighted by Crippen LogP contribution is 2.18. The fourth-order valence-corrected chi connectivity index (χ4v) is 10.7. The lowest BCUT2D eigenvalue weighted by molar-refractivity contribution is -0.167. The molecular weight excluding hydrogens is 997 g/mol. The Hall–Kier alpha value is -2.89. The predicted octanol–water partition coefficient (Wildman–Crippen LogP) is 24.7. The lowest BCUT2D eigenvalue weighted by atomic mass is 10.0. The van der Waals surface area contributed by atoms with Crippen molar-refractivity contribution < 1.29 is 28.6 Å². The Morgan fingerprint density at radius 1 is 0.259 bits per heavy atom. The molecule has 0 heterocycles. The van der Waals surface area contributed by atoms with Crippen LogP contribution >= 0.6 is 0 Å². The summed E-state index contributed by atoms with van der Waals surface area (Å²) in [6, 6.07) is 0. The standard InChI is InChI=1S/C75H136O6/c1-4-7-10-13-16-19-22-25-27-28-29-30-31-32-33-34-35-36-37-38-39-40-41-42-43-44-45-46-48-50-53-56-59-62-65-68-74(77)80-71-72(70-79-73(76)67-64-61-58-55-52-49-24-21-18-15-12-9-6-3)81-75(78)69-66-63-60-57-54-51-47-26-23-20-17-14-11-8-5-2/h7,10,16,19,25-27,29-30,47,72H,4-6,8-9,11-15,17-18,20-24,28,31-46,48-71H2,1-3H3/b10-7-,19-16-,27-25-,30-29-,47-26-. The number of ether oxygens (including phenoxy) is 3.